The molecule has 2 aliphatic heterocycles. The third kappa shape index (κ3) is 6.68. The Morgan fingerprint density at radius 2 is 1.58 bits per heavy atom. The maximum atomic E-state index is 13.4. The van der Waals surface area contributed by atoms with Crippen LogP contribution in [0.4, 0.5) is 16.4 Å². The fraction of sp³-hybridized carbons (Fsp3) is 0.553. The van der Waals surface area contributed by atoms with Crippen molar-refractivity contribution in [2.75, 3.05) is 42.9 Å². The zero-order valence-electron chi connectivity index (χ0n) is 27.8. The highest BCUT2D eigenvalue weighted by Crippen LogP contribution is 2.55. The first-order valence-electron chi connectivity index (χ1n) is 17.9. The van der Waals surface area contributed by atoms with Gasteiger partial charge >= 0.3 is 6.03 Å². The van der Waals surface area contributed by atoms with Gasteiger partial charge in [-0.1, -0.05) is 43.3 Å². The van der Waals surface area contributed by atoms with Crippen molar-refractivity contribution >= 4 is 17.7 Å². The molecule has 2 aromatic carbocycles. The molecule has 6 fully saturated rings. The molecule has 0 radical (unpaired) electrons. The van der Waals surface area contributed by atoms with Gasteiger partial charge in [-0.05, 0) is 85.6 Å². The predicted molar refractivity (Wildman–Crippen MR) is 183 cm³/mol. The summed E-state index contributed by atoms with van der Waals surface area (Å²) in [5.41, 5.74) is 3.50. The number of aliphatic hydroxyl groups excluding tert-OH is 1. The lowest BCUT2D eigenvalue weighted by molar-refractivity contribution is -0.276. The summed E-state index contributed by atoms with van der Waals surface area (Å²) in [6.07, 6.45) is 10.1. The number of hydrogen-bond donors (Lipinski definition) is 3. The number of amides is 2. The van der Waals surface area contributed by atoms with E-state index in [4.69, 9.17) is 9.47 Å². The Kier molecular flexibility index (Phi) is 8.83. The molecule has 0 spiro atoms. The quantitative estimate of drug-likeness (QED) is 0.286. The van der Waals surface area contributed by atoms with Crippen LogP contribution in [0, 0.1) is 23.7 Å². The van der Waals surface area contributed by atoms with Gasteiger partial charge in [0.25, 0.3) is 0 Å². The summed E-state index contributed by atoms with van der Waals surface area (Å²) in [6.45, 7) is 6.49. The van der Waals surface area contributed by atoms with Crippen LogP contribution in [0.1, 0.15) is 74.5 Å². The average molecular weight is 653 g/mol. The Morgan fingerprint density at radius 3 is 2.25 bits per heavy atom. The Hall–Kier alpha value is -3.57. The molecule has 10 nitrogen and oxygen atoms in total. The van der Waals surface area contributed by atoms with E-state index in [0.717, 1.165) is 98.1 Å². The fourth-order valence-electron chi connectivity index (χ4n) is 9.60. The van der Waals surface area contributed by atoms with Crippen LogP contribution in [0.5, 0.6) is 0 Å². The Morgan fingerprint density at radius 1 is 0.896 bits per heavy atom. The summed E-state index contributed by atoms with van der Waals surface area (Å²) >= 11 is 0. The number of nitrogens with one attached hydrogen (secondary N) is 2. The van der Waals surface area contributed by atoms with Crippen molar-refractivity contribution in [1.82, 2.24) is 20.2 Å². The lowest BCUT2D eigenvalue weighted by Gasteiger charge is -2.56. The topological polar surface area (TPSA) is 112 Å². The average Bonchev–Trinajstić information content (AvgIpc) is 3.09. The minimum Gasteiger partial charge on any atom is -0.392 e. The Bertz CT molecular complexity index is 1530. The number of ether oxygens (including phenoxy) is 2. The molecular weight excluding hydrogens is 604 g/mol. The Balaban J connectivity index is 0.968. The first-order chi connectivity index (χ1) is 23.4. The van der Waals surface area contributed by atoms with E-state index < -0.39 is 6.29 Å². The molecule has 254 valence electrons. The highest BCUT2D eigenvalue weighted by Gasteiger charge is 2.51. The summed E-state index contributed by atoms with van der Waals surface area (Å²) in [6, 6.07) is 17.7. The number of hydrogen-bond acceptors (Lipinski definition) is 8. The third-order valence-corrected chi connectivity index (χ3v) is 11.6. The smallest absolute Gasteiger partial charge is 0.319 e. The molecule has 4 saturated carbocycles. The van der Waals surface area contributed by atoms with Crippen molar-refractivity contribution in [3.05, 3.63) is 83.7 Å². The van der Waals surface area contributed by atoms with Crippen molar-refractivity contribution < 1.29 is 19.4 Å². The zero-order valence-corrected chi connectivity index (χ0v) is 27.8. The van der Waals surface area contributed by atoms with Crippen LogP contribution < -0.4 is 15.5 Å². The van der Waals surface area contributed by atoms with Gasteiger partial charge in [0.2, 0.25) is 5.95 Å². The van der Waals surface area contributed by atoms with E-state index in [-0.39, 0.29) is 36.3 Å². The molecule has 4 bridgehead atoms. The number of urea groups is 1. The highest BCUT2D eigenvalue weighted by atomic mass is 16.7. The van der Waals surface area contributed by atoms with Crippen molar-refractivity contribution in [3.8, 4) is 0 Å². The van der Waals surface area contributed by atoms with Gasteiger partial charge in [0.15, 0.2) is 6.29 Å². The van der Waals surface area contributed by atoms with Crippen LogP contribution in [0.2, 0.25) is 0 Å². The number of carbonyl (C=O) groups excluding carboxylic acids is 1. The molecule has 4 atom stereocenters. The summed E-state index contributed by atoms with van der Waals surface area (Å²) in [4.78, 5) is 26.9. The van der Waals surface area contributed by atoms with E-state index in [1.54, 1.807) is 12.4 Å². The number of anilines is 2. The fourth-order valence-corrected chi connectivity index (χ4v) is 9.60. The molecule has 9 rings (SSSR count). The second-order valence-electron chi connectivity index (χ2n) is 15.1. The second-order valence-corrected chi connectivity index (χ2v) is 15.1. The molecule has 1 aromatic heterocycles. The predicted octanol–water partition coefficient (Wildman–Crippen LogP) is 5.67. The minimum atomic E-state index is -0.597. The molecule has 3 heterocycles. The number of aliphatic hydroxyl groups is 1. The lowest BCUT2D eigenvalue weighted by atomic mass is 9.53. The van der Waals surface area contributed by atoms with Gasteiger partial charge in [-0.3, -0.25) is 4.90 Å². The van der Waals surface area contributed by atoms with Crippen LogP contribution in [-0.4, -0.2) is 70.4 Å². The molecule has 4 aliphatic carbocycles. The van der Waals surface area contributed by atoms with E-state index in [0.29, 0.717) is 0 Å². The number of aromatic nitrogens is 2. The number of rotatable bonds is 8. The standard InChI is InChI=1S/C38H48N6O4/c1-25-33(23-43-12-14-44(15-13-43)36-39-10-3-11-40-36)47-35(48-34(25)30-8-6-26(24-45)7-9-30)31-4-2-5-32(19-31)41-37(46)42-38-20-27-16-28(21-38)18-29(17-27)22-38/h2-11,19,25,27-29,33-35,45H,12-18,20-24H2,1H3,(H2,41,42,46)/t25-,27?,28?,29?,33+,34+,35+,38?/m0/s1. The SMILES string of the molecule is C[C@H]1[C@@H](CN2CCN(c3ncccn3)CC2)O[C@@H](c2cccc(NC(=O)NC34CC5CC(CC(C5)C3)C4)c2)O[C@H]1c1ccc(CO)cc1. The maximum Gasteiger partial charge on any atom is 0.319 e. The monoisotopic (exact) mass is 652 g/mol. The third-order valence-electron chi connectivity index (χ3n) is 11.6. The summed E-state index contributed by atoms with van der Waals surface area (Å²) in [7, 11) is 0. The van der Waals surface area contributed by atoms with E-state index >= 15 is 0 Å². The van der Waals surface area contributed by atoms with Gasteiger partial charge in [0.05, 0.1) is 18.8 Å². The summed E-state index contributed by atoms with van der Waals surface area (Å²) in [5.74, 6) is 3.17. The Labute approximate surface area is 283 Å². The van der Waals surface area contributed by atoms with Gasteiger partial charge in [-0.25, -0.2) is 14.8 Å². The summed E-state index contributed by atoms with van der Waals surface area (Å²) in [5, 5.41) is 16.2. The molecule has 3 aromatic rings. The van der Waals surface area contributed by atoms with E-state index in [1.807, 2.05) is 42.5 Å². The van der Waals surface area contributed by atoms with Crippen molar-refractivity contribution in [3.63, 3.8) is 0 Å². The van der Waals surface area contributed by atoms with Gasteiger partial charge in [0, 0.05) is 67.8 Å². The van der Waals surface area contributed by atoms with Crippen LogP contribution in [0.3, 0.4) is 0 Å². The number of carbonyl (C=O) groups is 1. The molecule has 2 saturated heterocycles. The zero-order chi connectivity index (χ0) is 32.7. The molecular formula is C38H48N6O4. The molecule has 6 aliphatic rings. The molecule has 0 unspecified atom stereocenters. The van der Waals surface area contributed by atoms with E-state index in [1.165, 1.54) is 19.3 Å². The first kappa shape index (κ1) is 31.7. The van der Waals surface area contributed by atoms with Gasteiger partial charge in [0.1, 0.15) is 0 Å². The molecule has 2 amide bonds. The molecule has 3 N–H and O–H groups in total. The van der Waals surface area contributed by atoms with Crippen molar-refractivity contribution in [1.29, 1.82) is 0 Å². The molecule has 48 heavy (non-hydrogen) atoms. The van der Waals surface area contributed by atoms with Gasteiger partial charge in [-0.15, -0.1) is 0 Å². The van der Waals surface area contributed by atoms with Crippen LogP contribution >= 0.6 is 0 Å². The number of piperazine rings is 1. The van der Waals surface area contributed by atoms with Crippen molar-refractivity contribution in [2.24, 2.45) is 23.7 Å². The van der Waals surface area contributed by atoms with E-state index in [2.05, 4.69) is 49.5 Å². The van der Waals surface area contributed by atoms with Crippen molar-refractivity contribution in [2.45, 2.75) is 76.1 Å². The van der Waals surface area contributed by atoms with Crippen LogP contribution in [0.25, 0.3) is 0 Å². The minimum absolute atomic E-state index is 0.00590. The molecule has 10 heteroatoms. The highest BCUT2D eigenvalue weighted by molar-refractivity contribution is 5.90. The number of nitrogens with zero attached hydrogens (tertiary/aromatic N) is 4. The second kappa shape index (κ2) is 13.4. The normalized spacial score (nSPS) is 33.0. The van der Waals surface area contributed by atoms with Crippen LogP contribution in [-0.2, 0) is 16.1 Å². The maximum absolute atomic E-state index is 13.4. The largest absolute Gasteiger partial charge is 0.392 e. The summed E-state index contributed by atoms with van der Waals surface area (Å²) < 4.78 is 13.5. The van der Waals surface area contributed by atoms with Gasteiger partial charge < -0.3 is 30.1 Å². The lowest BCUT2D eigenvalue weighted by Crippen LogP contribution is -2.60. The van der Waals surface area contributed by atoms with Gasteiger partial charge in [-0.2, -0.15) is 0 Å². The number of benzene rings is 2. The van der Waals surface area contributed by atoms with Crippen LogP contribution in [0.15, 0.2) is 67.0 Å². The van der Waals surface area contributed by atoms with E-state index in [9.17, 15) is 9.90 Å². The first-order valence-corrected chi connectivity index (χ1v) is 17.9.